The molecule has 0 aromatic carbocycles. The number of aliphatic hydroxyl groups excluding tert-OH is 2. The zero-order valence-electron chi connectivity index (χ0n) is 40.9. The molecule has 0 saturated heterocycles. The molecule has 3 atom stereocenters. The fourth-order valence-electron chi connectivity index (χ4n) is 7.88. The van der Waals surface area contributed by atoms with Crippen LogP contribution < -0.4 is 0 Å². The van der Waals surface area contributed by atoms with E-state index in [-0.39, 0.29) is 25.6 Å². The van der Waals surface area contributed by atoms with Crippen molar-refractivity contribution in [3.05, 3.63) is 12.2 Å². The highest BCUT2D eigenvalue weighted by atomic mass is 31.2. The van der Waals surface area contributed by atoms with Crippen LogP contribution in [0.1, 0.15) is 271 Å². The summed E-state index contributed by atoms with van der Waals surface area (Å²) in [7, 11) is -4.52. The number of hydrogen-bond donors (Lipinski definition) is 3. The van der Waals surface area contributed by atoms with Gasteiger partial charge in [0.05, 0.1) is 26.4 Å². The van der Waals surface area contributed by atoms with Crippen molar-refractivity contribution in [3.8, 4) is 0 Å². The summed E-state index contributed by atoms with van der Waals surface area (Å²) >= 11 is 0. The average Bonchev–Trinajstić information content (AvgIpc) is 3.26. The van der Waals surface area contributed by atoms with Gasteiger partial charge in [-0.05, 0) is 38.5 Å². The van der Waals surface area contributed by atoms with Gasteiger partial charge in [-0.25, -0.2) is 4.57 Å². The Labute approximate surface area is 383 Å². The summed E-state index contributed by atoms with van der Waals surface area (Å²) in [6.07, 6.45) is 53.2. The molecule has 0 aliphatic rings. The van der Waals surface area contributed by atoms with Gasteiger partial charge >= 0.3 is 13.8 Å². The number of hydrogen-bond acceptors (Lipinski definition) is 8. The second kappa shape index (κ2) is 49.6. The first-order valence-electron chi connectivity index (χ1n) is 26.7. The van der Waals surface area contributed by atoms with E-state index in [2.05, 4.69) is 26.0 Å². The SMILES string of the molecule is CCCCCCCCCC/C=C\CCCCCCCCCCCC(=O)OC(COCCCCCCCCCCCCCCCCCCCCCC)COP(=O)(O)OCC(O)CO. The van der Waals surface area contributed by atoms with E-state index < -0.39 is 33.2 Å². The van der Waals surface area contributed by atoms with Crippen LogP contribution in [-0.4, -0.2) is 66.3 Å². The second-order valence-corrected chi connectivity index (χ2v) is 19.7. The van der Waals surface area contributed by atoms with E-state index in [1.54, 1.807) is 0 Å². The molecule has 10 heteroatoms. The number of phosphoric acid groups is 1. The minimum Gasteiger partial charge on any atom is -0.457 e. The largest absolute Gasteiger partial charge is 0.472 e. The molecule has 0 aromatic rings. The Morgan fingerprint density at radius 2 is 0.823 bits per heavy atom. The lowest BCUT2D eigenvalue weighted by Gasteiger charge is -2.20. The number of phosphoric ester groups is 1. The highest BCUT2D eigenvalue weighted by Gasteiger charge is 2.26. The second-order valence-electron chi connectivity index (χ2n) is 18.3. The standard InChI is InChI=1S/C52H103O9P/c1-3-5-7-9-11-13-15-17-19-21-23-25-26-28-30-32-34-36-38-40-42-44-52(55)61-51(49-60-62(56,57)59-47-50(54)46-53)48-58-45-43-41-39-37-35-33-31-29-27-24-22-20-18-16-14-12-10-8-6-4-2/h21,23,50-51,53-54H,3-20,22,24-49H2,1-2H3,(H,56,57)/b23-21-. The van der Waals surface area contributed by atoms with Crippen LogP contribution in [0.3, 0.4) is 0 Å². The lowest BCUT2D eigenvalue weighted by atomic mass is 10.0. The smallest absolute Gasteiger partial charge is 0.457 e. The number of rotatable bonds is 52. The number of unbranched alkanes of at least 4 members (excludes halogenated alkanes) is 36. The van der Waals surface area contributed by atoms with Gasteiger partial charge in [0, 0.05) is 13.0 Å². The lowest BCUT2D eigenvalue weighted by Crippen LogP contribution is -2.29. The highest BCUT2D eigenvalue weighted by Crippen LogP contribution is 2.43. The topological polar surface area (TPSA) is 132 Å². The van der Waals surface area contributed by atoms with E-state index in [1.165, 1.54) is 218 Å². The van der Waals surface area contributed by atoms with Crippen molar-refractivity contribution >= 4 is 13.8 Å². The number of ether oxygens (including phenoxy) is 2. The molecule has 0 fully saturated rings. The van der Waals surface area contributed by atoms with Gasteiger partial charge in [0.15, 0.2) is 0 Å². The number of aliphatic hydroxyl groups is 2. The summed E-state index contributed by atoms with van der Waals surface area (Å²) in [6.45, 7) is 3.59. The third-order valence-electron chi connectivity index (χ3n) is 12.0. The fourth-order valence-corrected chi connectivity index (χ4v) is 8.67. The van der Waals surface area contributed by atoms with Crippen molar-refractivity contribution in [2.24, 2.45) is 0 Å². The first kappa shape index (κ1) is 61.2. The number of esters is 1. The van der Waals surface area contributed by atoms with Gasteiger partial charge in [0.2, 0.25) is 0 Å². The van der Waals surface area contributed by atoms with Gasteiger partial charge < -0.3 is 24.6 Å². The Hall–Kier alpha value is -0.800. The number of carbonyl (C=O) groups is 1. The highest BCUT2D eigenvalue weighted by molar-refractivity contribution is 7.47. The Balaban J connectivity index is 4.02. The normalized spacial score (nSPS) is 13.8. The Morgan fingerprint density at radius 1 is 0.484 bits per heavy atom. The van der Waals surface area contributed by atoms with Gasteiger partial charge in [0.1, 0.15) is 12.2 Å². The maximum Gasteiger partial charge on any atom is 0.472 e. The monoisotopic (exact) mass is 903 g/mol. The molecular weight excluding hydrogens is 800 g/mol. The quantitative estimate of drug-likeness (QED) is 0.0236. The molecule has 0 spiro atoms. The van der Waals surface area contributed by atoms with Crippen molar-refractivity contribution in [2.45, 2.75) is 283 Å². The maximum absolute atomic E-state index is 12.7. The van der Waals surface area contributed by atoms with Crippen molar-refractivity contribution in [1.82, 2.24) is 0 Å². The van der Waals surface area contributed by atoms with Crippen LogP contribution in [-0.2, 0) is 27.9 Å². The molecule has 0 aliphatic carbocycles. The summed E-state index contributed by atoms with van der Waals surface area (Å²) in [4.78, 5) is 22.7. The molecule has 0 heterocycles. The molecule has 370 valence electrons. The van der Waals surface area contributed by atoms with Crippen molar-refractivity contribution < 1.29 is 43.0 Å². The molecule has 0 aromatic heterocycles. The van der Waals surface area contributed by atoms with Crippen LogP contribution in [0.4, 0.5) is 0 Å². The van der Waals surface area contributed by atoms with Crippen LogP contribution in [0.15, 0.2) is 12.2 Å². The molecule has 3 unspecified atom stereocenters. The Kier molecular flexibility index (Phi) is 49.0. The predicted molar refractivity (Wildman–Crippen MR) is 261 cm³/mol. The van der Waals surface area contributed by atoms with Crippen LogP contribution in [0.5, 0.6) is 0 Å². The molecule has 0 radical (unpaired) electrons. The minimum atomic E-state index is -4.52. The van der Waals surface area contributed by atoms with Gasteiger partial charge in [-0.1, -0.05) is 238 Å². The number of allylic oxidation sites excluding steroid dienone is 2. The van der Waals surface area contributed by atoms with Gasteiger partial charge in [-0.15, -0.1) is 0 Å². The van der Waals surface area contributed by atoms with Crippen LogP contribution in [0, 0.1) is 0 Å². The summed E-state index contributed by atoms with van der Waals surface area (Å²) < 4.78 is 33.6. The average molecular weight is 903 g/mol. The van der Waals surface area contributed by atoms with Crippen LogP contribution in [0.25, 0.3) is 0 Å². The summed E-state index contributed by atoms with van der Waals surface area (Å²) in [6, 6.07) is 0. The zero-order valence-corrected chi connectivity index (χ0v) is 41.8. The Bertz CT molecular complexity index is 980. The van der Waals surface area contributed by atoms with Crippen molar-refractivity contribution in [1.29, 1.82) is 0 Å². The third-order valence-corrected chi connectivity index (χ3v) is 12.9. The molecule has 0 aliphatic heterocycles. The molecule has 0 amide bonds. The zero-order chi connectivity index (χ0) is 45.3. The van der Waals surface area contributed by atoms with Crippen molar-refractivity contribution in [2.75, 3.05) is 33.0 Å². The van der Waals surface area contributed by atoms with Gasteiger partial charge in [0.25, 0.3) is 0 Å². The molecule has 3 N–H and O–H groups in total. The fraction of sp³-hybridized carbons (Fsp3) is 0.942. The van der Waals surface area contributed by atoms with Gasteiger partial charge in [-0.2, -0.15) is 0 Å². The number of carbonyl (C=O) groups excluding carboxylic acids is 1. The van der Waals surface area contributed by atoms with E-state index in [4.69, 9.17) is 23.6 Å². The Morgan fingerprint density at radius 3 is 1.21 bits per heavy atom. The van der Waals surface area contributed by atoms with Gasteiger partial charge in [-0.3, -0.25) is 13.8 Å². The summed E-state index contributed by atoms with van der Waals surface area (Å²) in [5.74, 6) is -0.378. The van der Waals surface area contributed by atoms with Crippen LogP contribution in [0.2, 0.25) is 0 Å². The van der Waals surface area contributed by atoms with E-state index in [0.29, 0.717) is 6.61 Å². The molecule has 62 heavy (non-hydrogen) atoms. The third kappa shape index (κ3) is 48.7. The van der Waals surface area contributed by atoms with Crippen molar-refractivity contribution in [3.63, 3.8) is 0 Å². The minimum absolute atomic E-state index is 0.0553. The molecule has 0 saturated carbocycles. The lowest BCUT2D eigenvalue weighted by molar-refractivity contribution is -0.154. The summed E-state index contributed by atoms with van der Waals surface area (Å²) in [5, 5.41) is 18.4. The molecular formula is C52H103O9P. The molecule has 9 nitrogen and oxygen atoms in total. The van der Waals surface area contributed by atoms with E-state index in [1.807, 2.05) is 0 Å². The molecule has 0 bridgehead atoms. The first-order chi connectivity index (χ1) is 30.3. The first-order valence-corrected chi connectivity index (χ1v) is 28.2. The maximum atomic E-state index is 12.7. The van der Waals surface area contributed by atoms with E-state index in [0.717, 1.165) is 32.1 Å². The van der Waals surface area contributed by atoms with E-state index in [9.17, 15) is 19.4 Å². The van der Waals surface area contributed by atoms with Crippen LogP contribution >= 0.6 is 7.82 Å². The molecule has 0 rings (SSSR count). The predicted octanol–water partition coefficient (Wildman–Crippen LogP) is 15.6. The van der Waals surface area contributed by atoms with E-state index >= 15 is 0 Å². The summed E-state index contributed by atoms with van der Waals surface area (Å²) in [5.41, 5.74) is 0.